The molecule has 0 atom stereocenters. The van der Waals surface area contributed by atoms with Crippen molar-refractivity contribution in [3.05, 3.63) is 30.1 Å². The lowest BCUT2D eigenvalue weighted by molar-refractivity contribution is -0.144. The summed E-state index contributed by atoms with van der Waals surface area (Å²) in [6.45, 7) is 3.63. The summed E-state index contributed by atoms with van der Waals surface area (Å²) in [6.07, 6.45) is 2.65. The van der Waals surface area contributed by atoms with Gasteiger partial charge in [0.2, 0.25) is 5.82 Å². The highest BCUT2D eigenvalue weighted by Gasteiger charge is 2.36. The van der Waals surface area contributed by atoms with Gasteiger partial charge < -0.3 is 10.6 Å². The Hall–Kier alpha value is -2.29. The largest absolute Gasteiger partial charge is 0.451 e. The summed E-state index contributed by atoms with van der Waals surface area (Å²) in [4.78, 5) is 15.5. The first-order chi connectivity index (χ1) is 12.5. The van der Waals surface area contributed by atoms with E-state index < -0.39 is 12.0 Å². The third kappa shape index (κ3) is 4.27. The maximum absolute atomic E-state index is 13.4. The molecule has 0 unspecified atom stereocenters. The highest BCUT2D eigenvalue weighted by Crippen LogP contribution is 2.34. The smallest absolute Gasteiger partial charge is 0.367 e. The van der Waals surface area contributed by atoms with E-state index in [0.29, 0.717) is 17.5 Å². The lowest BCUT2D eigenvalue weighted by atomic mass is 10.0. The van der Waals surface area contributed by atoms with E-state index in [4.69, 9.17) is 0 Å². The van der Waals surface area contributed by atoms with Crippen LogP contribution in [0, 0.1) is 0 Å². The molecule has 0 spiro atoms. The van der Waals surface area contributed by atoms with Gasteiger partial charge in [0.1, 0.15) is 12.1 Å². The fraction of sp³-hybridized carbons (Fsp3) is 0.529. The molecule has 26 heavy (non-hydrogen) atoms. The minimum atomic E-state index is -4.63. The molecule has 3 rings (SSSR count). The first-order valence-electron chi connectivity index (χ1n) is 8.69. The molecule has 2 aromatic heterocycles. The average molecular weight is 366 g/mol. The molecule has 0 radical (unpaired) electrons. The van der Waals surface area contributed by atoms with Gasteiger partial charge in [-0.3, -0.25) is 0 Å². The molecular formula is C17H21F3N6. The molecule has 2 aromatic rings. The third-order valence-electron chi connectivity index (χ3n) is 4.27. The minimum Gasteiger partial charge on any atom is -0.367 e. The first-order valence-corrected chi connectivity index (χ1v) is 8.69. The fourth-order valence-corrected chi connectivity index (χ4v) is 3.04. The van der Waals surface area contributed by atoms with Crippen molar-refractivity contribution < 1.29 is 13.2 Å². The number of hydrogen-bond acceptors (Lipinski definition) is 6. The Labute approximate surface area is 149 Å². The van der Waals surface area contributed by atoms with E-state index in [1.54, 1.807) is 0 Å². The molecule has 6 nitrogen and oxygen atoms in total. The van der Waals surface area contributed by atoms with E-state index in [-0.39, 0.29) is 17.6 Å². The molecule has 1 saturated heterocycles. The van der Waals surface area contributed by atoms with Gasteiger partial charge in [-0.15, -0.1) is 0 Å². The zero-order valence-corrected chi connectivity index (χ0v) is 14.5. The molecule has 140 valence electrons. The number of piperidine rings is 1. The van der Waals surface area contributed by atoms with Crippen molar-refractivity contribution in [2.75, 3.05) is 18.4 Å². The molecule has 3 heterocycles. The van der Waals surface area contributed by atoms with Crippen LogP contribution in [0.25, 0.3) is 11.3 Å². The summed E-state index contributed by atoms with van der Waals surface area (Å²) < 4.78 is 40.1. The highest BCUT2D eigenvalue weighted by atomic mass is 19.4. The SMILES string of the molecule is CCCc1c(NC2CCNCC2)nc(C(F)(F)F)nc1-c1cncnc1. The summed E-state index contributed by atoms with van der Waals surface area (Å²) in [5.74, 6) is -0.882. The van der Waals surface area contributed by atoms with Crippen LogP contribution >= 0.6 is 0 Å². The summed E-state index contributed by atoms with van der Waals surface area (Å²) in [7, 11) is 0. The fourth-order valence-electron chi connectivity index (χ4n) is 3.04. The van der Waals surface area contributed by atoms with Crippen molar-refractivity contribution in [3.8, 4) is 11.3 Å². The minimum absolute atomic E-state index is 0.0858. The predicted octanol–water partition coefficient (Wildman–Crippen LogP) is 3.07. The van der Waals surface area contributed by atoms with Gasteiger partial charge in [-0.1, -0.05) is 13.3 Å². The number of nitrogens with one attached hydrogen (secondary N) is 2. The summed E-state index contributed by atoms with van der Waals surface area (Å²) in [5.41, 5.74) is 1.37. The van der Waals surface area contributed by atoms with Gasteiger partial charge in [0, 0.05) is 29.6 Å². The number of anilines is 1. The second-order valence-corrected chi connectivity index (χ2v) is 6.27. The van der Waals surface area contributed by atoms with E-state index in [1.807, 2.05) is 6.92 Å². The quantitative estimate of drug-likeness (QED) is 0.847. The van der Waals surface area contributed by atoms with Crippen molar-refractivity contribution in [2.24, 2.45) is 0 Å². The van der Waals surface area contributed by atoms with Crippen molar-refractivity contribution >= 4 is 5.82 Å². The monoisotopic (exact) mass is 366 g/mol. The Morgan fingerprint density at radius 1 is 1.15 bits per heavy atom. The zero-order valence-electron chi connectivity index (χ0n) is 14.5. The van der Waals surface area contributed by atoms with Gasteiger partial charge in [0.05, 0.1) is 5.69 Å². The lowest BCUT2D eigenvalue weighted by Crippen LogP contribution is -2.36. The van der Waals surface area contributed by atoms with Crippen LogP contribution in [0.15, 0.2) is 18.7 Å². The van der Waals surface area contributed by atoms with Gasteiger partial charge in [-0.25, -0.2) is 19.9 Å². The number of halogens is 3. The Balaban J connectivity index is 2.10. The summed E-state index contributed by atoms with van der Waals surface area (Å²) in [6, 6.07) is 0.0858. The Kier molecular flexibility index (Phi) is 5.65. The van der Waals surface area contributed by atoms with E-state index >= 15 is 0 Å². The van der Waals surface area contributed by atoms with Gasteiger partial charge >= 0.3 is 6.18 Å². The van der Waals surface area contributed by atoms with E-state index in [2.05, 4.69) is 30.6 Å². The van der Waals surface area contributed by atoms with E-state index in [1.165, 1.54) is 18.7 Å². The maximum atomic E-state index is 13.4. The zero-order chi connectivity index (χ0) is 18.6. The molecule has 1 aliphatic heterocycles. The maximum Gasteiger partial charge on any atom is 0.451 e. The molecule has 0 aliphatic carbocycles. The standard InChI is InChI=1S/C17H21F3N6/c1-2-3-13-14(11-8-22-10-23-9-11)25-16(17(18,19)20)26-15(13)24-12-4-6-21-7-5-12/h8-10,12,21H,2-7H2,1H3,(H,24,25,26). The number of nitrogens with zero attached hydrogens (tertiary/aromatic N) is 4. The van der Waals surface area contributed by atoms with Crippen LogP contribution in [0.3, 0.4) is 0 Å². The first kappa shape index (κ1) is 18.5. The molecule has 2 N–H and O–H groups in total. The Morgan fingerprint density at radius 2 is 1.85 bits per heavy atom. The van der Waals surface area contributed by atoms with E-state index in [0.717, 1.165) is 32.4 Å². The number of hydrogen-bond donors (Lipinski definition) is 2. The van der Waals surface area contributed by atoms with Crippen LogP contribution in [0.5, 0.6) is 0 Å². The van der Waals surface area contributed by atoms with Gasteiger partial charge in [0.25, 0.3) is 0 Å². The van der Waals surface area contributed by atoms with Crippen LogP contribution in [0.4, 0.5) is 19.0 Å². The molecule has 9 heteroatoms. The number of alkyl halides is 3. The third-order valence-corrected chi connectivity index (χ3v) is 4.27. The summed E-state index contributed by atoms with van der Waals surface area (Å²) >= 11 is 0. The molecular weight excluding hydrogens is 345 g/mol. The summed E-state index contributed by atoms with van der Waals surface area (Å²) in [5, 5.41) is 6.47. The number of rotatable bonds is 5. The van der Waals surface area contributed by atoms with Gasteiger partial charge in [-0.05, 0) is 32.4 Å². The highest BCUT2D eigenvalue weighted by molar-refractivity contribution is 5.67. The molecule has 0 aromatic carbocycles. The Bertz CT molecular complexity index is 729. The van der Waals surface area contributed by atoms with Crippen molar-refractivity contribution in [1.82, 2.24) is 25.3 Å². The number of aromatic nitrogens is 4. The second-order valence-electron chi connectivity index (χ2n) is 6.27. The molecule has 0 bridgehead atoms. The lowest BCUT2D eigenvalue weighted by Gasteiger charge is -2.26. The van der Waals surface area contributed by atoms with Crippen LogP contribution in [0.1, 0.15) is 37.6 Å². The normalized spacial score (nSPS) is 15.8. The van der Waals surface area contributed by atoms with Crippen LogP contribution < -0.4 is 10.6 Å². The molecule has 1 fully saturated rings. The molecule has 0 saturated carbocycles. The Morgan fingerprint density at radius 3 is 2.46 bits per heavy atom. The van der Waals surface area contributed by atoms with Crippen molar-refractivity contribution in [3.63, 3.8) is 0 Å². The topological polar surface area (TPSA) is 75.6 Å². The van der Waals surface area contributed by atoms with Crippen LogP contribution in [0.2, 0.25) is 0 Å². The van der Waals surface area contributed by atoms with Crippen molar-refractivity contribution in [2.45, 2.75) is 44.8 Å². The van der Waals surface area contributed by atoms with E-state index in [9.17, 15) is 13.2 Å². The van der Waals surface area contributed by atoms with Gasteiger partial charge in [0.15, 0.2) is 0 Å². The van der Waals surface area contributed by atoms with Crippen molar-refractivity contribution in [1.29, 1.82) is 0 Å². The van der Waals surface area contributed by atoms with Crippen LogP contribution in [-0.4, -0.2) is 39.1 Å². The average Bonchev–Trinajstić information content (AvgIpc) is 2.64. The predicted molar refractivity (Wildman–Crippen MR) is 91.6 cm³/mol. The molecule has 0 amide bonds. The van der Waals surface area contributed by atoms with Crippen LogP contribution in [-0.2, 0) is 12.6 Å². The van der Waals surface area contributed by atoms with Gasteiger partial charge in [-0.2, -0.15) is 13.2 Å². The second kappa shape index (κ2) is 7.94. The molecule has 1 aliphatic rings.